The van der Waals surface area contributed by atoms with Crippen LogP contribution in [-0.4, -0.2) is 6.29 Å². The number of ether oxygens (including phenoxy) is 1. The molecule has 0 radical (unpaired) electrons. The van der Waals surface area contributed by atoms with Crippen molar-refractivity contribution in [1.82, 2.24) is 0 Å². The summed E-state index contributed by atoms with van der Waals surface area (Å²) in [6.45, 7) is 4.28. The van der Waals surface area contributed by atoms with Crippen LogP contribution in [0.2, 0.25) is 5.02 Å². The fourth-order valence-electron chi connectivity index (χ4n) is 1.75. The Kier molecular flexibility index (Phi) is 4.23. The van der Waals surface area contributed by atoms with Gasteiger partial charge in [-0.3, -0.25) is 4.79 Å². The van der Waals surface area contributed by atoms with E-state index in [1.807, 2.05) is 24.3 Å². The number of hydrogen-bond acceptors (Lipinski definition) is 2. The van der Waals surface area contributed by atoms with E-state index in [9.17, 15) is 4.79 Å². The first kappa shape index (κ1) is 13.6. The second kappa shape index (κ2) is 5.89. The SMILES string of the molecule is CC(C)c1ccc(Oc2ccc(Cl)cc2C=O)cc1. The Labute approximate surface area is 118 Å². The van der Waals surface area contributed by atoms with E-state index in [0.29, 0.717) is 28.0 Å². The van der Waals surface area contributed by atoms with E-state index in [-0.39, 0.29) is 0 Å². The van der Waals surface area contributed by atoms with E-state index >= 15 is 0 Å². The van der Waals surface area contributed by atoms with Gasteiger partial charge in [0.25, 0.3) is 0 Å². The average Bonchev–Trinajstić information content (AvgIpc) is 2.41. The van der Waals surface area contributed by atoms with Crippen LogP contribution in [0.4, 0.5) is 0 Å². The van der Waals surface area contributed by atoms with E-state index in [2.05, 4.69) is 13.8 Å². The maximum absolute atomic E-state index is 11.0. The summed E-state index contributed by atoms with van der Waals surface area (Å²) in [5.74, 6) is 1.70. The summed E-state index contributed by atoms with van der Waals surface area (Å²) in [7, 11) is 0. The van der Waals surface area contributed by atoms with Crippen molar-refractivity contribution in [3.63, 3.8) is 0 Å². The van der Waals surface area contributed by atoms with Crippen molar-refractivity contribution in [2.24, 2.45) is 0 Å². The third kappa shape index (κ3) is 3.36. The highest BCUT2D eigenvalue weighted by Gasteiger charge is 2.06. The molecule has 0 saturated heterocycles. The molecule has 0 aliphatic carbocycles. The number of carbonyl (C=O) groups is 1. The van der Waals surface area contributed by atoms with Gasteiger partial charge in [0.2, 0.25) is 0 Å². The van der Waals surface area contributed by atoms with Gasteiger partial charge in [0.05, 0.1) is 5.56 Å². The molecule has 98 valence electrons. The summed E-state index contributed by atoms with van der Waals surface area (Å²) in [6, 6.07) is 12.8. The van der Waals surface area contributed by atoms with Crippen molar-refractivity contribution < 1.29 is 9.53 Å². The first-order chi connectivity index (χ1) is 9.10. The molecule has 19 heavy (non-hydrogen) atoms. The molecule has 0 saturated carbocycles. The zero-order valence-electron chi connectivity index (χ0n) is 10.9. The van der Waals surface area contributed by atoms with Crippen LogP contribution in [-0.2, 0) is 0 Å². The maximum Gasteiger partial charge on any atom is 0.153 e. The van der Waals surface area contributed by atoms with Crippen molar-refractivity contribution in [2.75, 3.05) is 0 Å². The van der Waals surface area contributed by atoms with E-state index in [0.717, 1.165) is 6.29 Å². The number of carbonyl (C=O) groups excluding carboxylic acids is 1. The first-order valence-corrected chi connectivity index (χ1v) is 6.50. The molecular weight excluding hydrogens is 260 g/mol. The number of benzene rings is 2. The summed E-state index contributed by atoms with van der Waals surface area (Å²) in [5.41, 5.74) is 1.69. The van der Waals surface area contributed by atoms with Crippen LogP contribution in [0.25, 0.3) is 0 Å². The molecule has 2 aromatic rings. The maximum atomic E-state index is 11.0. The highest BCUT2D eigenvalue weighted by Crippen LogP contribution is 2.27. The topological polar surface area (TPSA) is 26.3 Å². The lowest BCUT2D eigenvalue weighted by Crippen LogP contribution is -1.91. The predicted octanol–water partition coefficient (Wildman–Crippen LogP) is 5.07. The summed E-state index contributed by atoms with van der Waals surface area (Å²) < 4.78 is 5.70. The molecule has 0 fully saturated rings. The van der Waals surface area contributed by atoms with Gasteiger partial charge in [-0.2, -0.15) is 0 Å². The number of aldehydes is 1. The molecule has 0 aromatic heterocycles. The van der Waals surface area contributed by atoms with Gasteiger partial charge >= 0.3 is 0 Å². The Bertz CT molecular complexity index is 574. The van der Waals surface area contributed by atoms with Crippen molar-refractivity contribution in [1.29, 1.82) is 0 Å². The predicted molar refractivity (Wildman–Crippen MR) is 77.4 cm³/mol. The highest BCUT2D eigenvalue weighted by molar-refractivity contribution is 6.30. The molecule has 2 aromatic carbocycles. The fourth-order valence-corrected chi connectivity index (χ4v) is 1.93. The molecule has 0 heterocycles. The van der Waals surface area contributed by atoms with Crippen molar-refractivity contribution in [2.45, 2.75) is 19.8 Å². The average molecular weight is 275 g/mol. The standard InChI is InChI=1S/C16H15ClO2/c1-11(2)12-3-6-15(7-4-12)19-16-8-5-14(17)9-13(16)10-18/h3-11H,1-2H3. The minimum Gasteiger partial charge on any atom is -0.457 e. The van der Waals surface area contributed by atoms with Gasteiger partial charge in [0, 0.05) is 5.02 Å². The molecule has 0 spiro atoms. The zero-order chi connectivity index (χ0) is 13.8. The van der Waals surface area contributed by atoms with Crippen LogP contribution < -0.4 is 4.74 Å². The van der Waals surface area contributed by atoms with Crippen molar-refractivity contribution >= 4 is 17.9 Å². The normalized spacial score (nSPS) is 10.5. The largest absolute Gasteiger partial charge is 0.457 e. The van der Waals surface area contributed by atoms with E-state index in [1.54, 1.807) is 18.2 Å². The Morgan fingerprint density at radius 1 is 1.11 bits per heavy atom. The van der Waals surface area contributed by atoms with Crippen molar-refractivity contribution in [3.8, 4) is 11.5 Å². The van der Waals surface area contributed by atoms with E-state index in [1.165, 1.54) is 5.56 Å². The van der Waals surface area contributed by atoms with Crippen LogP contribution in [0.15, 0.2) is 42.5 Å². The molecule has 0 aliphatic rings. The summed E-state index contributed by atoms with van der Waals surface area (Å²) in [4.78, 5) is 11.0. The molecule has 3 heteroatoms. The molecular formula is C16H15ClO2. The van der Waals surface area contributed by atoms with Gasteiger partial charge in [-0.05, 0) is 41.8 Å². The van der Waals surface area contributed by atoms with Crippen molar-refractivity contribution in [3.05, 3.63) is 58.6 Å². The van der Waals surface area contributed by atoms with Crippen LogP contribution in [0.1, 0.15) is 35.7 Å². The third-order valence-electron chi connectivity index (χ3n) is 2.87. The minimum absolute atomic E-state index is 0.445. The van der Waals surface area contributed by atoms with Gasteiger partial charge in [0.15, 0.2) is 6.29 Å². The van der Waals surface area contributed by atoms with Gasteiger partial charge in [-0.25, -0.2) is 0 Å². The minimum atomic E-state index is 0.445. The number of rotatable bonds is 4. The third-order valence-corrected chi connectivity index (χ3v) is 3.11. The Balaban J connectivity index is 2.23. The lowest BCUT2D eigenvalue weighted by atomic mass is 10.0. The smallest absolute Gasteiger partial charge is 0.153 e. The summed E-state index contributed by atoms with van der Waals surface area (Å²) in [5, 5.41) is 0.518. The lowest BCUT2D eigenvalue weighted by molar-refractivity contribution is 0.112. The second-order valence-electron chi connectivity index (χ2n) is 4.63. The number of hydrogen-bond donors (Lipinski definition) is 0. The Morgan fingerprint density at radius 2 is 1.79 bits per heavy atom. The molecule has 0 atom stereocenters. The van der Waals surface area contributed by atoms with Gasteiger partial charge < -0.3 is 4.74 Å². The van der Waals surface area contributed by atoms with Gasteiger partial charge in [-0.15, -0.1) is 0 Å². The summed E-state index contributed by atoms with van der Waals surface area (Å²) >= 11 is 5.84. The van der Waals surface area contributed by atoms with Gasteiger partial charge in [-0.1, -0.05) is 37.6 Å². The van der Waals surface area contributed by atoms with Crippen LogP contribution in [0, 0.1) is 0 Å². The molecule has 0 amide bonds. The summed E-state index contributed by atoms with van der Waals surface area (Å²) in [6.07, 6.45) is 0.740. The highest BCUT2D eigenvalue weighted by atomic mass is 35.5. The molecule has 2 rings (SSSR count). The van der Waals surface area contributed by atoms with Crippen LogP contribution in [0.3, 0.4) is 0 Å². The van der Waals surface area contributed by atoms with Crippen LogP contribution >= 0.6 is 11.6 Å². The Morgan fingerprint density at radius 3 is 2.37 bits per heavy atom. The van der Waals surface area contributed by atoms with E-state index < -0.39 is 0 Å². The molecule has 0 aliphatic heterocycles. The van der Waals surface area contributed by atoms with Crippen LogP contribution in [0.5, 0.6) is 11.5 Å². The quantitative estimate of drug-likeness (QED) is 0.728. The lowest BCUT2D eigenvalue weighted by Gasteiger charge is -2.10. The van der Waals surface area contributed by atoms with E-state index in [4.69, 9.17) is 16.3 Å². The monoisotopic (exact) mass is 274 g/mol. The zero-order valence-corrected chi connectivity index (χ0v) is 11.6. The van der Waals surface area contributed by atoms with Gasteiger partial charge in [0.1, 0.15) is 11.5 Å². The number of halogens is 1. The molecule has 0 N–H and O–H groups in total. The molecule has 2 nitrogen and oxygen atoms in total. The molecule has 0 unspecified atom stereocenters. The fraction of sp³-hybridized carbons (Fsp3) is 0.188. The molecule has 0 bridgehead atoms. The Hall–Kier alpha value is -1.80. The second-order valence-corrected chi connectivity index (χ2v) is 5.06. The first-order valence-electron chi connectivity index (χ1n) is 6.12.